The molecule has 2 nitrogen and oxygen atoms in total. The molecule has 1 aromatic carbocycles. The Labute approximate surface area is 77.2 Å². The molecule has 2 aliphatic heterocycles. The van der Waals surface area contributed by atoms with E-state index in [4.69, 9.17) is 0 Å². The van der Waals surface area contributed by atoms with Crippen LogP contribution in [0.25, 0.3) is 6.08 Å². The van der Waals surface area contributed by atoms with Gasteiger partial charge in [0.15, 0.2) is 0 Å². The van der Waals surface area contributed by atoms with Gasteiger partial charge in [-0.15, -0.1) is 0 Å². The molecule has 0 atom stereocenters. The largest absolute Gasteiger partial charge is 0.359 e. The Balaban J connectivity index is 2.29. The third-order valence-corrected chi connectivity index (χ3v) is 2.45. The summed E-state index contributed by atoms with van der Waals surface area (Å²) in [5.41, 5.74) is 3.79. The van der Waals surface area contributed by atoms with Gasteiger partial charge in [-0.2, -0.15) is 0 Å². The molecule has 3 rings (SSSR count). The van der Waals surface area contributed by atoms with Gasteiger partial charge in [0.05, 0.1) is 11.4 Å². The number of hydrogen-bond acceptors (Lipinski definition) is 2. The van der Waals surface area contributed by atoms with Crippen molar-refractivity contribution in [2.75, 3.05) is 16.8 Å². The number of hydrogen-bond donors (Lipinski definition) is 1. The van der Waals surface area contributed by atoms with Crippen molar-refractivity contribution in [3.8, 4) is 0 Å². The van der Waals surface area contributed by atoms with Gasteiger partial charge in [-0.1, -0.05) is 24.3 Å². The maximum absolute atomic E-state index is 3.25. The molecule has 64 valence electrons. The Hall–Kier alpha value is -1.70. The summed E-state index contributed by atoms with van der Waals surface area (Å²) in [5, 5.41) is 3.25. The van der Waals surface area contributed by atoms with E-state index in [-0.39, 0.29) is 0 Å². The lowest BCUT2D eigenvalue weighted by Gasteiger charge is -2.30. The predicted molar refractivity (Wildman–Crippen MR) is 55.6 cm³/mol. The molecule has 2 heteroatoms. The highest BCUT2D eigenvalue weighted by Gasteiger charge is 2.16. The number of para-hydroxylation sites is 1. The van der Waals surface area contributed by atoms with E-state index in [0.717, 1.165) is 6.54 Å². The van der Waals surface area contributed by atoms with Crippen LogP contribution in [0.15, 0.2) is 36.7 Å². The summed E-state index contributed by atoms with van der Waals surface area (Å²) in [4.78, 5) is 2.25. The minimum Gasteiger partial charge on any atom is -0.359 e. The van der Waals surface area contributed by atoms with E-state index in [1.807, 2.05) is 6.20 Å². The van der Waals surface area contributed by atoms with Crippen LogP contribution in [0.5, 0.6) is 0 Å². The predicted octanol–water partition coefficient (Wildman–Crippen LogP) is 2.42. The van der Waals surface area contributed by atoms with E-state index in [9.17, 15) is 0 Å². The summed E-state index contributed by atoms with van der Waals surface area (Å²) in [7, 11) is 0. The molecule has 0 saturated carbocycles. The topological polar surface area (TPSA) is 15.3 Å². The zero-order valence-corrected chi connectivity index (χ0v) is 7.20. The highest BCUT2D eigenvalue weighted by Crippen LogP contribution is 2.35. The van der Waals surface area contributed by atoms with Crippen molar-refractivity contribution in [3.05, 3.63) is 42.2 Å². The van der Waals surface area contributed by atoms with E-state index < -0.39 is 0 Å². The number of nitrogens with zero attached hydrogens (tertiary/aromatic N) is 1. The second kappa shape index (κ2) is 2.39. The molecular formula is C11H10N2. The minimum atomic E-state index is 0.974. The third kappa shape index (κ3) is 0.886. The molecule has 0 bridgehead atoms. The lowest BCUT2D eigenvalue weighted by Crippen LogP contribution is -2.23. The van der Waals surface area contributed by atoms with Crippen molar-refractivity contribution in [1.82, 2.24) is 0 Å². The van der Waals surface area contributed by atoms with E-state index in [2.05, 4.69) is 46.8 Å². The minimum absolute atomic E-state index is 0.974. The van der Waals surface area contributed by atoms with Crippen LogP contribution in [0, 0.1) is 0 Å². The Kier molecular flexibility index (Phi) is 1.25. The normalized spacial score (nSPS) is 16.8. The van der Waals surface area contributed by atoms with Crippen LogP contribution in [0.2, 0.25) is 0 Å². The molecule has 0 saturated heterocycles. The van der Waals surface area contributed by atoms with Crippen molar-refractivity contribution in [3.63, 3.8) is 0 Å². The molecular weight excluding hydrogens is 160 g/mol. The first-order valence-corrected chi connectivity index (χ1v) is 4.44. The van der Waals surface area contributed by atoms with E-state index in [1.165, 1.54) is 16.9 Å². The Morgan fingerprint density at radius 1 is 1.31 bits per heavy atom. The lowest BCUT2D eigenvalue weighted by atomic mass is 10.1. The van der Waals surface area contributed by atoms with Gasteiger partial charge in [0.2, 0.25) is 0 Å². The molecule has 2 aliphatic rings. The molecule has 0 aromatic heterocycles. The molecule has 13 heavy (non-hydrogen) atoms. The van der Waals surface area contributed by atoms with Gasteiger partial charge in [-0.3, -0.25) is 0 Å². The van der Waals surface area contributed by atoms with Gasteiger partial charge in [0, 0.05) is 24.5 Å². The molecule has 2 heterocycles. The van der Waals surface area contributed by atoms with Gasteiger partial charge in [0.25, 0.3) is 0 Å². The number of nitrogens with one attached hydrogen (secondary N) is 1. The molecule has 1 aromatic rings. The van der Waals surface area contributed by atoms with Crippen LogP contribution in [0.1, 0.15) is 5.56 Å². The summed E-state index contributed by atoms with van der Waals surface area (Å²) in [5.74, 6) is 0. The van der Waals surface area contributed by atoms with Crippen LogP contribution >= 0.6 is 0 Å². The molecule has 0 radical (unpaired) electrons. The highest BCUT2D eigenvalue weighted by molar-refractivity contribution is 5.85. The molecule has 0 amide bonds. The summed E-state index contributed by atoms with van der Waals surface area (Å²) in [6.07, 6.45) is 8.42. The van der Waals surface area contributed by atoms with Crippen molar-refractivity contribution in [2.24, 2.45) is 0 Å². The Morgan fingerprint density at radius 2 is 2.31 bits per heavy atom. The van der Waals surface area contributed by atoms with Gasteiger partial charge in [0.1, 0.15) is 0 Å². The van der Waals surface area contributed by atoms with Gasteiger partial charge in [-0.25, -0.2) is 0 Å². The second-order valence-electron chi connectivity index (χ2n) is 3.26. The quantitative estimate of drug-likeness (QED) is 0.643. The standard InChI is InChI=1S/C11H10N2/c1-3-9-4-2-7-13-8-6-12-10(5-1)11(9)13/h1-6,8,12H,7H2. The van der Waals surface area contributed by atoms with E-state index in [1.54, 1.807) is 0 Å². The molecule has 0 unspecified atom stereocenters. The number of anilines is 2. The third-order valence-electron chi connectivity index (χ3n) is 2.45. The van der Waals surface area contributed by atoms with Gasteiger partial charge < -0.3 is 10.2 Å². The molecule has 0 spiro atoms. The van der Waals surface area contributed by atoms with Crippen LogP contribution in [0.4, 0.5) is 11.4 Å². The Bertz CT molecular complexity index is 405. The summed E-state index contributed by atoms with van der Waals surface area (Å²) in [6, 6.07) is 6.32. The Morgan fingerprint density at radius 3 is 3.31 bits per heavy atom. The van der Waals surface area contributed by atoms with Crippen molar-refractivity contribution >= 4 is 17.5 Å². The fourth-order valence-corrected chi connectivity index (χ4v) is 1.87. The average Bonchev–Trinajstić information content (AvgIpc) is 2.19. The lowest BCUT2D eigenvalue weighted by molar-refractivity contribution is 1.06. The van der Waals surface area contributed by atoms with Crippen molar-refractivity contribution in [1.29, 1.82) is 0 Å². The summed E-state index contributed by atoms with van der Waals surface area (Å²) >= 11 is 0. The number of benzene rings is 1. The number of rotatable bonds is 0. The van der Waals surface area contributed by atoms with Crippen molar-refractivity contribution < 1.29 is 0 Å². The maximum Gasteiger partial charge on any atom is 0.0722 e. The van der Waals surface area contributed by atoms with Gasteiger partial charge in [-0.05, 0) is 6.07 Å². The van der Waals surface area contributed by atoms with E-state index >= 15 is 0 Å². The monoisotopic (exact) mass is 170 g/mol. The average molecular weight is 170 g/mol. The molecule has 0 fully saturated rings. The van der Waals surface area contributed by atoms with Crippen LogP contribution in [-0.2, 0) is 0 Å². The maximum atomic E-state index is 3.25. The van der Waals surface area contributed by atoms with Crippen LogP contribution in [-0.4, -0.2) is 6.54 Å². The fourth-order valence-electron chi connectivity index (χ4n) is 1.87. The fraction of sp³-hybridized carbons (Fsp3) is 0.0909. The molecule has 1 N–H and O–H groups in total. The van der Waals surface area contributed by atoms with Crippen molar-refractivity contribution in [2.45, 2.75) is 0 Å². The zero-order valence-electron chi connectivity index (χ0n) is 7.20. The smallest absolute Gasteiger partial charge is 0.0722 e. The first-order valence-electron chi connectivity index (χ1n) is 4.44. The van der Waals surface area contributed by atoms with Gasteiger partial charge >= 0.3 is 0 Å². The second-order valence-corrected chi connectivity index (χ2v) is 3.26. The summed E-state index contributed by atoms with van der Waals surface area (Å²) in [6.45, 7) is 0.974. The summed E-state index contributed by atoms with van der Waals surface area (Å²) < 4.78 is 0. The van der Waals surface area contributed by atoms with Crippen LogP contribution < -0.4 is 10.2 Å². The highest BCUT2D eigenvalue weighted by atomic mass is 15.2. The zero-order chi connectivity index (χ0) is 8.67. The SMILES string of the molecule is C1=Cc2cccc3c2N(C=CN3)C1. The molecule has 0 aliphatic carbocycles. The first kappa shape index (κ1) is 6.78. The first-order chi connectivity index (χ1) is 6.45. The van der Waals surface area contributed by atoms with E-state index in [0.29, 0.717) is 0 Å². The van der Waals surface area contributed by atoms with Crippen LogP contribution in [0.3, 0.4) is 0 Å².